The zero-order chi connectivity index (χ0) is 12.5. The molecule has 0 saturated carbocycles. The number of nitrogens with zero attached hydrogens (tertiary/aromatic N) is 2. The minimum absolute atomic E-state index is 0.0214. The Morgan fingerprint density at radius 1 is 1.47 bits per heavy atom. The Morgan fingerprint density at radius 2 is 2.18 bits per heavy atom. The van der Waals surface area contributed by atoms with Crippen molar-refractivity contribution < 1.29 is 9.90 Å². The van der Waals surface area contributed by atoms with E-state index < -0.39 is 0 Å². The highest BCUT2D eigenvalue weighted by molar-refractivity contribution is 5.77. The number of hydrogen-bond acceptors (Lipinski definition) is 4. The first kappa shape index (κ1) is 13.6. The highest BCUT2D eigenvalue weighted by atomic mass is 16.3. The van der Waals surface area contributed by atoms with Gasteiger partial charge in [0.05, 0.1) is 13.2 Å². The molecule has 0 fully saturated rings. The fraction of sp³-hybridized carbons (Fsp3) is 0.500. The van der Waals surface area contributed by atoms with E-state index in [1.165, 1.54) is 5.56 Å². The number of amides is 1. The van der Waals surface area contributed by atoms with Crippen molar-refractivity contribution in [3.8, 4) is 0 Å². The summed E-state index contributed by atoms with van der Waals surface area (Å²) in [5.74, 6) is -0.0590. The van der Waals surface area contributed by atoms with E-state index in [0.717, 1.165) is 13.0 Å². The van der Waals surface area contributed by atoms with E-state index >= 15 is 0 Å². The van der Waals surface area contributed by atoms with Crippen LogP contribution in [-0.2, 0) is 11.2 Å². The molecule has 0 unspecified atom stereocenters. The molecular weight excluding hydrogens is 218 g/mol. The summed E-state index contributed by atoms with van der Waals surface area (Å²) in [6.45, 7) is 1.46. The summed E-state index contributed by atoms with van der Waals surface area (Å²) in [7, 11) is 1.90. The molecule has 0 bridgehead atoms. The Morgan fingerprint density at radius 3 is 2.82 bits per heavy atom. The number of pyridine rings is 1. The molecule has 0 saturated heterocycles. The van der Waals surface area contributed by atoms with Gasteiger partial charge in [-0.1, -0.05) is 0 Å². The third-order valence-corrected chi connectivity index (χ3v) is 2.38. The zero-order valence-electron chi connectivity index (χ0n) is 10.1. The number of likely N-dealkylation sites (N-methyl/N-ethyl adjacent to an activating group) is 1. The lowest BCUT2D eigenvalue weighted by Crippen LogP contribution is -2.37. The van der Waals surface area contributed by atoms with Crippen LogP contribution in [0.1, 0.15) is 5.56 Å². The van der Waals surface area contributed by atoms with Crippen molar-refractivity contribution in [1.82, 2.24) is 15.2 Å². The van der Waals surface area contributed by atoms with Crippen LogP contribution >= 0.6 is 0 Å². The molecule has 1 aromatic rings. The summed E-state index contributed by atoms with van der Waals surface area (Å²) in [5, 5.41) is 11.2. The lowest BCUT2D eigenvalue weighted by Gasteiger charge is -2.15. The predicted octanol–water partition coefficient (Wildman–Crippen LogP) is -0.336. The number of carbonyl (C=O) groups is 1. The maximum Gasteiger partial charge on any atom is 0.234 e. The SMILES string of the molecule is CN(CCc1ccncc1)CC(=O)NCCO. The van der Waals surface area contributed by atoms with E-state index in [9.17, 15) is 4.79 Å². The summed E-state index contributed by atoms with van der Waals surface area (Å²) < 4.78 is 0. The summed E-state index contributed by atoms with van der Waals surface area (Å²) >= 11 is 0. The third kappa shape index (κ3) is 5.99. The maximum absolute atomic E-state index is 11.3. The number of aliphatic hydroxyl groups is 1. The number of nitrogens with one attached hydrogen (secondary N) is 1. The van der Waals surface area contributed by atoms with Gasteiger partial charge in [-0.3, -0.25) is 14.7 Å². The quantitative estimate of drug-likeness (QED) is 0.681. The molecule has 0 aliphatic heterocycles. The molecule has 1 amide bonds. The van der Waals surface area contributed by atoms with E-state index in [4.69, 9.17) is 5.11 Å². The van der Waals surface area contributed by atoms with Gasteiger partial charge in [0.25, 0.3) is 0 Å². The van der Waals surface area contributed by atoms with E-state index in [0.29, 0.717) is 13.1 Å². The molecule has 0 spiro atoms. The Kier molecular flexibility index (Phi) is 6.21. The first-order valence-corrected chi connectivity index (χ1v) is 5.67. The second-order valence-electron chi connectivity index (χ2n) is 3.92. The highest BCUT2D eigenvalue weighted by Gasteiger charge is 2.05. The number of aliphatic hydroxyl groups excluding tert-OH is 1. The molecule has 0 atom stereocenters. The Hall–Kier alpha value is -1.46. The van der Waals surface area contributed by atoms with Gasteiger partial charge in [-0.25, -0.2) is 0 Å². The summed E-state index contributed by atoms with van der Waals surface area (Å²) in [6.07, 6.45) is 4.43. The van der Waals surface area contributed by atoms with Gasteiger partial charge in [-0.05, 0) is 31.2 Å². The van der Waals surface area contributed by atoms with Gasteiger partial charge in [0.2, 0.25) is 5.91 Å². The number of carbonyl (C=O) groups excluding carboxylic acids is 1. The number of hydrogen-bond donors (Lipinski definition) is 2. The van der Waals surface area contributed by atoms with Gasteiger partial charge in [0, 0.05) is 25.5 Å². The fourth-order valence-corrected chi connectivity index (χ4v) is 1.44. The van der Waals surface area contributed by atoms with E-state index in [1.54, 1.807) is 12.4 Å². The highest BCUT2D eigenvalue weighted by Crippen LogP contribution is 1.98. The first-order valence-electron chi connectivity index (χ1n) is 5.67. The molecule has 1 rings (SSSR count). The van der Waals surface area contributed by atoms with Gasteiger partial charge >= 0.3 is 0 Å². The lowest BCUT2D eigenvalue weighted by atomic mass is 10.2. The Balaban J connectivity index is 2.21. The zero-order valence-corrected chi connectivity index (χ0v) is 10.1. The molecule has 1 heterocycles. The summed E-state index contributed by atoms with van der Waals surface area (Å²) in [5.41, 5.74) is 1.21. The first-order chi connectivity index (χ1) is 8.22. The molecular formula is C12H19N3O2. The largest absolute Gasteiger partial charge is 0.395 e. The van der Waals surface area contributed by atoms with Crippen LogP contribution in [0, 0.1) is 0 Å². The number of aromatic nitrogens is 1. The van der Waals surface area contributed by atoms with Gasteiger partial charge < -0.3 is 10.4 Å². The van der Waals surface area contributed by atoms with Gasteiger partial charge in [-0.2, -0.15) is 0 Å². The standard InChI is InChI=1S/C12H19N3O2/c1-15(10-12(17)14-7-9-16)8-4-11-2-5-13-6-3-11/h2-3,5-6,16H,4,7-10H2,1H3,(H,14,17). The normalized spacial score (nSPS) is 10.5. The van der Waals surface area contributed by atoms with Crippen molar-refractivity contribution in [2.45, 2.75) is 6.42 Å². The topological polar surface area (TPSA) is 65.5 Å². The summed E-state index contributed by atoms with van der Waals surface area (Å²) in [4.78, 5) is 17.3. The van der Waals surface area contributed by atoms with E-state index in [-0.39, 0.29) is 12.5 Å². The fourth-order valence-electron chi connectivity index (χ4n) is 1.44. The van der Waals surface area contributed by atoms with Crippen LogP contribution < -0.4 is 5.32 Å². The van der Waals surface area contributed by atoms with Crippen LogP contribution in [0.3, 0.4) is 0 Å². The van der Waals surface area contributed by atoms with Crippen LogP contribution in [0.5, 0.6) is 0 Å². The average Bonchev–Trinajstić information content (AvgIpc) is 2.35. The second kappa shape index (κ2) is 7.76. The Labute approximate surface area is 101 Å². The molecule has 5 heteroatoms. The molecule has 2 N–H and O–H groups in total. The van der Waals surface area contributed by atoms with Gasteiger partial charge in [0.1, 0.15) is 0 Å². The molecule has 0 radical (unpaired) electrons. The van der Waals surface area contributed by atoms with Crippen molar-refractivity contribution in [2.24, 2.45) is 0 Å². The number of rotatable bonds is 7. The van der Waals surface area contributed by atoms with Crippen LogP contribution in [0.25, 0.3) is 0 Å². The molecule has 0 aliphatic rings. The van der Waals surface area contributed by atoms with Crippen molar-refractivity contribution >= 4 is 5.91 Å². The smallest absolute Gasteiger partial charge is 0.234 e. The lowest BCUT2D eigenvalue weighted by molar-refractivity contribution is -0.122. The van der Waals surface area contributed by atoms with Gasteiger partial charge in [0.15, 0.2) is 0 Å². The maximum atomic E-state index is 11.3. The Bertz CT molecular complexity index is 330. The minimum Gasteiger partial charge on any atom is -0.395 e. The van der Waals surface area contributed by atoms with Crippen LogP contribution in [0.2, 0.25) is 0 Å². The molecule has 94 valence electrons. The van der Waals surface area contributed by atoms with Crippen LogP contribution in [-0.4, -0.2) is 54.2 Å². The van der Waals surface area contributed by atoms with Crippen molar-refractivity contribution in [2.75, 3.05) is 33.3 Å². The summed E-state index contributed by atoms with van der Waals surface area (Å²) in [6, 6.07) is 3.94. The molecule has 17 heavy (non-hydrogen) atoms. The van der Waals surface area contributed by atoms with E-state index in [2.05, 4.69) is 10.3 Å². The molecule has 0 aliphatic carbocycles. The molecule has 1 aromatic heterocycles. The van der Waals surface area contributed by atoms with Crippen LogP contribution in [0.15, 0.2) is 24.5 Å². The third-order valence-electron chi connectivity index (χ3n) is 2.38. The van der Waals surface area contributed by atoms with Crippen molar-refractivity contribution in [1.29, 1.82) is 0 Å². The predicted molar refractivity (Wildman–Crippen MR) is 65.5 cm³/mol. The minimum atomic E-state index is -0.0590. The molecule has 5 nitrogen and oxygen atoms in total. The van der Waals surface area contributed by atoms with Gasteiger partial charge in [-0.15, -0.1) is 0 Å². The van der Waals surface area contributed by atoms with Crippen molar-refractivity contribution in [3.05, 3.63) is 30.1 Å². The van der Waals surface area contributed by atoms with E-state index in [1.807, 2.05) is 24.1 Å². The molecule has 0 aromatic carbocycles. The second-order valence-corrected chi connectivity index (χ2v) is 3.92. The van der Waals surface area contributed by atoms with Crippen LogP contribution in [0.4, 0.5) is 0 Å². The monoisotopic (exact) mass is 237 g/mol. The van der Waals surface area contributed by atoms with Crippen molar-refractivity contribution in [3.63, 3.8) is 0 Å². The average molecular weight is 237 g/mol.